The van der Waals surface area contributed by atoms with E-state index in [1.165, 1.54) is 12.1 Å². The first-order valence-corrected chi connectivity index (χ1v) is 5.74. The number of para-hydroxylation sites is 1. The molecule has 0 fully saturated rings. The van der Waals surface area contributed by atoms with Gasteiger partial charge in [-0.15, -0.1) is 0 Å². The van der Waals surface area contributed by atoms with Gasteiger partial charge < -0.3 is 9.47 Å². The molecule has 2 aromatic rings. The number of nitrogens with zero attached hydrogens (tertiary/aromatic N) is 1. The molecule has 0 aliphatic carbocycles. The molecule has 2 aromatic carbocycles. The van der Waals surface area contributed by atoms with Crippen molar-refractivity contribution in [2.45, 2.75) is 0 Å². The van der Waals surface area contributed by atoms with Crippen LogP contribution in [0, 0.1) is 10.1 Å². The Hall–Kier alpha value is -2.27. The van der Waals surface area contributed by atoms with Gasteiger partial charge in [0.05, 0.1) is 12.0 Å². The summed E-state index contributed by atoms with van der Waals surface area (Å²) >= 11 is 5.80. The summed E-state index contributed by atoms with van der Waals surface area (Å²) in [6.45, 7) is 0. The van der Waals surface area contributed by atoms with Gasteiger partial charge in [0.25, 0.3) is 0 Å². The highest BCUT2D eigenvalue weighted by molar-refractivity contribution is 6.32. The van der Waals surface area contributed by atoms with Crippen LogP contribution in [-0.2, 0) is 0 Å². The smallest absolute Gasteiger partial charge is 0.329 e. The first-order chi connectivity index (χ1) is 9.11. The zero-order valence-corrected chi connectivity index (χ0v) is 10.8. The zero-order chi connectivity index (χ0) is 13.8. The highest BCUT2D eigenvalue weighted by Crippen LogP contribution is 2.37. The van der Waals surface area contributed by atoms with Crippen molar-refractivity contribution in [3.63, 3.8) is 0 Å². The molecule has 5 nitrogen and oxygen atoms in total. The number of nitro benzene ring substituents is 1. The van der Waals surface area contributed by atoms with E-state index in [1.807, 2.05) is 0 Å². The normalized spacial score (nSPS) is 10.0. The molecule has 0 atom stereocenters. The molecule has 0 N–H and O–H groups in total. The van der Waals surface area contributed by atoms with Crippen LogP contribution in [0.4, 0.5) is 5.69 Å². The van der Waals surface area contributed by atoms with E-state index in [2.05, 4.69) is 0 Å². The summed E-state index contributed by atoms with van der Waals surface area (Å²) in [4.78, 5) is 10.4. The molecule has 0 unspecified atom stereocenters. The Bertz CT molecular complexity index is 598. The molecule has 0 saturated heterocycles. The molecule has 98 valence electrons. The van der Waals surface area contributed by atoms with Crippen LogP contribution in [0.15, 0.2) is 42.5 Å². The predicted molar refractivity (Wildman–Crippen MR) is 71.2 cm³/mol. The van der Waals surface area contributed by atoms with Crippen LogP contribution < -0.4 is 9.47 Å². The largest absolute Gasteiger partial charge is 0.497 e. The summed E-state index contributed by atoms with van der Waals surface area (Å²) in [5.74, 6) is 1.24. The van der Waals surface area contributed by atoms with E-state index in [-0.39, 0.29) is 16.5 Å². The molecule has 6 heteroatoms. The van der Waals surface area contributed by atoms with Crippen molar-refractivity contribution in [2.75, 3.05) is 7.11 Å². The molecule has 0 heterocycles. The molecule has 0 aliphatic rings. The molecule has 0 aliphatic heterocycles. The van der Waals surface area contributed by atoms with Crippen molar-refractivity contribution < 1.29 is 14.4 Å². The molecule has 0 amide bonds. The van der Waals surface area contributed by atoms with Crippen LogP contribution in [0.1, 0.15) is 0 Å². The number of hydrogen-bond donors (Lipinski definition) is 0. The zero-order valence-electron chi connectivity index (χ0n) is 10.00. The third-order valence-electron chi connectivity index (χ3n) is 2.42. The number of rotatable bonds is 4. The summed E-state index contributed by atoms with van der Waals surface area (Å²) in [6, 6.07) is 11.2. The van der Waals surface area contributed by atoms with Crippen molar-refractivity contribution in [1.29, 1.82) is 0 Å². The third kappa shape index (κ3) is 2.95. The SMILES string of the molecule is COc1ccc(Oc2cccc(Cl)c2[N+](=O)[O-])cc1. The second-order valence-electron chi connectivity index (χ2n) is 3.62. The van der Waals surface area contributed by atoms with Gasteiger partial charge in [0.2, 0.25) is 5.75 Å². The second-order valence-corrected chi connectivity index (χ2v) is 4.03. The number of hydrogen-bond acceptors (Lipinski definition) is 4. The van der Waals surface area contributed by atoms with Gasteiger partial charge in [-0.25, -0.2) is 0 Å². The second kappa shape index (κ2) is 5.58. The Morgan fingerprint density at radius 2 is 1.74 bits per heavy atom. The Morgan fingerprint density at radius 3 is 2.32 bits per heavy atom. The Morgan fingerprint density at radius 1 is 1.11 bits per heavy atom. The first-order valence-electron chi connectivity index (χ1n) is 5.36. The highest BCUT2D eigenvalue weighted by Gasteiger charge is 2.20. The quantitative estimate of drug-likeness (QED) is 0.626. The lowest BCUT2D eigenvalue weighted by molar-refractivity contribution is -0.385. The number of nitro groups is 1. The van der Waals surface area contributed by atoms with Crippen LogP contribution in [0.2, 0.25) is 5.02 Å². The van der Waals surface area contributed by atoms with Gasteiger partial charge >= 0.3 is 5.69 Å². The van der Waals surface area contributed by atoms with Crippen molar-refractivity contribution in [2.24, 2.45) is 0 Å². The molecule has 2 rings (SSSR count). The van der Waals surface area contributed by atoms with Gasteiger partial charge in [-0.2, -0.15) is 0 Å². The standard InChI is InChI=1S/C13H10ClNO4/c1-18-9-5-7-10(8-6-9)19-12-4-2-3-11(14)13(12)15(16)17/h2-8H,1H3. The summed E-state index contributed by atoms with van der Waals surface area (Å²) in [7, 11) is 1.55. The lowest BCUT2D eigenvalue weighted by Crippen LogP contribution is -1.94. The first kappa shape index (κ1) is 13.2. The third-order valence-corrected chi connectivity index (χ3v) is 2.72. The maximum atomic E-state index is 11.0. The average Bonchev–Trinajstić information content (AvgIpc) is 2.39. The summed E-state index contributed by atoms with van der Waals surface area (Å²) < 4.78 is 10.5. The Labute approximate surface area is 114 Å². The monoisotopic (exact) mass is 279 g/mol. The fourth-order valence-corrected chi connectivity index (χ4v) is 1.76. The molecule has 19 heavy (non-hydrogen) atoms. The lowest BCUT2D eigenvalue weighted by Gasteiger charge is -2.07. The van der Waals surface area contributed by atoms with Gasteiger partial charge in [-0.1, -0.05) is 17.7 Å². The number of halogens is 1. The van der Waals surface area contributed by atoms with Crippen LogP contribution in [0.5, 0.6) is 17.2 Å². The van der Waals surface area contributed by atoms with E-state index >= 15 is 0 Å². The fourth-order valence-electron chi connectivity index (χ4n) is 1.53. The molecule has 0 aromatic heterocycles. The Balaban J connectivity index is 2.32. The van der Waals surface area contributed by atoms with E-state index in [1.54, 1.807) is 37.4 Å². The van der Waals surface area contributed by atoms with Crippen molar-refractivity contribution in [3.8, 4) is 17.2 Å². The van der Waals surface area contributed by atoms with Crippen molar-refractivity contribution in [1.82, 2.24) is 0 Å². The van der Waals surface area contributed by atoms with Gasteiger partial charge in [0.1, 0.15) is 16.5 Å². The molecule has 0 saturated carbocycles. The van der Waals surface area contributed by atoms with Crippen LogP contribution in [-0.4, -0.2) is 12.0 Å². The van der Waals surface area contributed by atoms with E-state index in [0.29, 0.717) is 11.5 Å². The molecule has 0 spiro atoms. The van der Waals surface area contributed by atoms with E-state index in [0.717, 1.165) is 0 Å². The van der Waals surface area contributed by atoms with Crippen LogP contribution >= 0.6 is 11.6 Å². The van der Waals surface area contributed by atoms with E-state index < -0.39 is 4.92 Å². The van der Waals surface area contributed by atoms with Gasteiger partial charge in [0, 0.05) is 0 Å². The minimum atomic E-state index is -0.568. The van der Waals surface area contributed by atoms with Crippen molar-refractivity contribution in [3.05, 3.63) is 57.6 Å². The number of methoxy groups -OCH3 is 1. The average molecular weight is 280 g/mol. The van der Waals surface area contributed by atoms with Gasteiger partial charge in [-0.3, -0.25) is 10.1 Å². The number of ether oxygens (including phenoxy) is 2. The number of benzene rings is 2. The van der Waals surface area contributed by atoms with Crippen LogP contribution in [0.3, 0.4) is 0 Å². The topological polar surface area (TPSA) is 61.6 Å². The summed E-state index contributed by atoms with van der Waals surface area (Å²) in [6.07, 6.45) is 0. The maximum Gasteiger partial charge on any atom is 0.329 e. The fraction of sp³-hybridized carbons (Fsp3) is 0.0769. The Kier molecular flexibility index (Phi) is 3.87. The molecular formula is C13H10ClNO4. The van der Waals surface area contributed by atoms with Gasteiger partial charge in [0.15, 0.2) is 0 Å². The lowest BCUT2D eigenvalue weighted by atomic mass is 10.3. The summed E-state index contributed by atoms with van der Waals surface area (Å²) in [5, 5.41) is 11.0. The van der Waals surface area contributed by atoms with Crippen molar-refractivity contribution >= 4 is 17.3 Å². The van der Waals surface area contributed by atoms with Gasteiger partial charge in [-0.05, 0) is 36.4 Å². The predicted octanol–water partition coefficient (Wildman–Crippen LogP) is 4.05. The maximum absolute atomic E-state index is 11.0. The van der Waals surface area contributed by atoms with Crippen LogP contribution in [0.25, 0.3) is 0 Å². The minimum Gasteiger partial charge on any atom is -0.497 e. The minimum absolute atomic E-state index is 0.0380. The van der Waals surface area contributed by atoms with E-state index in [9.17, 15) is 10.1 Å². The highest BCUT2D eigenvalue weighted by atomic mass is 35.5. The molecular weight excluding hydrogens is 270 g/mol. The molecule has 0 bridgehead atoms. The molecule has 0 radical (unpaired) electrons. The van der Waals surface area contributed by atoms with E-state index in [4.69, 9.17) is 21.1 Å². The summed E-state index contributed by atoms with van der Waals surface area (Å²) in [5.41, 5.74) is -0.250.